The summed E-state index contributed by atoms with van der Waals surface area (Å²) >= 11 is 0. The predicted molar refractivity (Wildman–Crippen MR) is 149 cm³/mol. The van der Waals surface area contributed by atoms with Gasteiger partial charge in [-0.05, 0) is 40.9 Å². The largest absolute Gasteiger partial charge is 2.00 e. The van der Waals surface area contributed by atoms with Gasteiger partial charge in [-0.15, -0.1) is 0 Å². The van der Waals surface area contributed by atoms with Gasteiger partial charge in [0, 0.05) is 24.2 Å². The molecule has 4 heterocycles. The van der Waals surface area contributed by atoms with Crippen LogP contribution in [0.15, 0.2) is 24.3 Å². The molecule has 4 rings (SSSR count). The standard InChI is InChI=1S/C30H26N10O.Pt/c1-29(2,3)13-19-9-23(39-17-35-21(15-31)22(39)16-32)37-25(11-19)41-26-12-20(14-30(4,5)6)10-24(38-26)40-18-36-27(33-7)28(40)34-8;/h9-12H,13-14H2,1-6H3;/q-2;+2. The van der Waals surface area contributed by atoms with Crippen molar-refractivity contribution >= 4 is 11.6 Å². The van der Waals surface area contributed by atoms with Gasteiger partial charge < -0.3 is 24.0 Å². The molecule has 0 atom stereocenters. The minimum absolute atomic E-state index is 0. The Kier molecular flexibility index (Phi) is 9.32. The first kappa shape index (κ1) is 31.7. The van der Waals surface area contributed by atoms with E-state index in [1.165, 1.54) is 9.13 Å². The molecule has 0 radical (unpaired) electrons. The van der Waals surface area contributed by atoms with Crippen molar-refractivity contribution in [2.45, 2.75) is 54.4 Å². The summed E-state index contributed by atoms with van der Waals surface area (Å²) in [4.78, 5) is 23.8. The molecule has 0 aliphatic rings. The van der Waals surface area contributed by atoms with Crippen molar-refractivity contribution in [1.82, 2.24) is 29.1 Å². The smallest absolute Gasteiger partial charge is 0.422 e. The molecule has 4 aromatic rings. The number of aromatic nitrogens is 6. The maximum Gasteiger partial charge on any atom is 2.00 e. The number of rotatable bonds is 6. The van der Waals surface area contributed by atoms with Gasteiger partial charge in [-0.2, -0.15) is 0 Å². The maximum absolute atomic E-state index is 9.66. The Bertz CT molecular complexity index is 1660. The van der Waals surface area contributed by atoms with Gasteiger partial charge >= 0.3 is 26.9 Å². The number of pyridine rings is 2. The quantitative estimate of drug-likeness (QED) is 0.214. The van der Waals surface area contributed by atoms with E-state index in [-0.39, 0.29) is 66.7 Å². The molecular formula is C30H26N10OPt. The monoisotopic (exact) mass is 737 g/mol. The molecule has 0 fully saturated rings. The first-order valence-corrected chi connectivity index (χ1v) is 12.6. The number of hydrogen-bond donors (Lipinski definition) is 0. The molecule has 4 aromatic heterocycles. The Labute approximate surface area is 259 Å². The van der Waals surface area contributed by atoms with Crippen molar-refractivity contribution in [3.05, 3.63) is 82.3 Å². The van der Waals surface area contributed by atoms with E-state index in [2.05, 4.69) is 83.8 Å². The molecular weight excluding hydrogens is 711 g/mol. The zero-order valence-corrected chi connectivity index (χ0v) is 26.2. The third kappa shape index (κ3) is 7.27. The first-order chi connectivity index (χ1) is 19.3. The molecule has 0 aromatic carbocycles. The summed E-state index contributed by atoms with van der Waals surface area (Å²) in [7, 11) is 0. The molecule has 42 heavy (non-hydrogen) atoms. The third-order valence-corrected chi connectivity index (χ3v) is 5.63. The maximum atomic E-state index is 9.66. The average Bonchev–Trinajstić information content (AvgIpc) is 3.49. The second-order valence-electron chi connectivity index (χ2n) is 11.8. The molecule has 0 N–H and O–H groups in total. The van der Waals surface area contributed by atoms with Crippen LogP contribution in [0, 0.1) is 59.3 Å². The van der Waals surface area contributed by atoms with E-state index in [1.807, 2.05) is 24.3 Å². The second-order valence-corrected chi connectivity index (χ2v) is 11.8. The van der Waals surface area contributed by atoms with Gasteiger partial charge in [0.05, 0.1) is 23.7 Å². The van der Waals surface area contributed by atoms with Crippen molar-refractivity contribution in [1.29, 1.82) is 10.5 Å². The van der Waals surface area contributed by atoms with Crippen LogP contribution in [0.4, 0.5) is 11.6 Å². The Balaban J connectivity index is 0.00000484. The number of nitriles is 2. The van der Waals surface area contributed by atoms with Crippen LogP contribution in [0.25, 0.3) is 21.3 Å². The summed E-state index contributed by atoms with van der Waals surface area (Å²) in [5, 5.41) is 19.0. The van der Waals surface area contributed by atoms with E-state index in [0.29, 0.717) is 24.5 Å². The molecule has 12 heteroatoms. The Morgan fingerprint density at radius 3 is 1.79 bits per heavy atom. The summed E-state index contributed by atoms with van der Waals surface area (Å²) in [6.45, 7) is 27.5. The van der Waals surface area contributed by atoms with E-state index >= 15 is 0 Å². The molecule has 0 unspecified atom stereocenters. The van der Waals surface area contributed by atoms with Crippen LogP contribution in [-0.4, -0.2) is 29.1 Å². The molecule has 0 amide bonds. The van der Waals surface area contributed by atoms with Gasteiger partial charge in [0.25, 0.3) is 12.1 Å². The SMILES string of the molecule is [C-]#[N+]c1n[c-]n(-c2cc(CC(C)(C)C)cc(Oc3cc(CC(C)(C)C)cc(-n4[c-]nc(C#N)c4C#N)n3)n2)c1[N+]#[C-].[Pt+2]. The topological polar surface area (TPSA) is 127 Å². The summed E-state index contributed by atoms with van der Waals surface area (Å²) in [5.41, 5.74) is 1.60. The van der Waals surface area contributed by atoms with Crippen molar-refractivity contribution < 1.29 is 25.8 Å². The Morgan fingerprint density at radius 2 is 1.33 bits per heavy atom. The van der Waals surface area contributed by atoms with Crippen LogP contribution in [0.1, 0.15) is 64.1 Å². The summed E-state index contributed by atoms with van der Waals surface area (Å²) in [6.07, 6.45) is 6.71. The number of imidazole rings is 2. The molecule has 0 saturated heterocycles. The normalized spacial score (nSPS) is 11.0. The Hall–Kier alpha value is -4.83. The minimum atomic E-state index is -0.0729. The van der Waals surface area contributed by atoms with Crippen molar-refractivity contribution in [2.24, 2.45) is 10.8 Å². The van der Waals surface area contributed by atoms with Crippen LogP contribution < -0.4 is 4.74 Å². The molecule has 0 saturated carbocycles. The van der Waals surface area contributed by atoms with E-state index < -0.39 is 0 Å². The Morgan fingerprint density at radius 1 is 0.810 bits per heavy atom. The van der Waals surface area contributed by atoms with E-state index in [0.717, 1.165) is 11.1 Å². The fourth-order valence-electron chi connectivity index (χ4n) is 4.24. The molecule has 0 spiro atoms. The fourth-order valence-corrected chi connectivity index (χ4v) is 4.24. The molecule has 0 aliphatic carbocycles. The van der Waals surface area contributed by atoms with Gasteiger partial charge in [-0.3, -0.25) is 4.57 Å². The van der Waals surface area contributed by atoms with Crippen LogP contribution in [0.3, 0.4) is 0 Å². The molecule has 0 bridgehead atoms. The number of ether oxygens (including phenoxy) is 1. The zero-order valence-electron chi connectivity index (χ0n) is 23.9. The van der Waals surface area contributed by atoms with Crippen LogP contribution in [0.5, 0.6) is 11.8 Å². The van der Waals surface area contributed by atoms with Crippen molar-refractivity contribution in [2.75, 3.05) is 0 Å². The van der Waals surface area contributed by atoms with Crippen LogP contribution >= 0.6 is 0 Å². The average molecular weight is 738 g/mol. The van der Waals surface area contributed by atoms with E-state index in [4.69, 9.17) is 17.9 Å². The van der Waals surface area contributed by atoms with E-state index in [9.17, 15) is 10.5 Å². The summed E-state index contributed by atoms with van der Waals surface area (Å²) < 4.78 is 8.90. The van der Waals surface area contributed by atoms with Gasteiger partial charge in [0.2, 0.25) is 11.8 Å². The van der Waals surface area contributed by atoms with Gasteiger partial charge in [0.1, 0.15) is 5.82 Å². The number of nitrogens with zero attached hydrogens (tertiary/aromatic N) is 10. The zero-order chi connectivity index (χ0) is 29.9. The number of hydrogen-bond acceptors (Lipinski definition) is 7. The van der Waals surface area contributed by atoms with Crippen LogP contribution in [-0.2, 0) is 33.9 Å². The second kappa shape index (κ2) is 12.4. The fraction of sp³-hybridized carbons (Fsp3) is 0.333. The molecule has 11 nitrogen and oxygen atoms in total. The van der Waals surface area contributed by atoms with E-state index in [1.54, 1.807) is 12.1 Å². The summed E-state index contributed by atoms with van der Waals surface area (Å²) in [6, 6.07) is 11.1. The first-order valence-electron chi connectivity index (χ1n) is 12.6. The predicted octanol–water partition coefficient (Wildman–Crippen LogP) is 6.26. The van der Waals surface area contributed by atoms with Crippen molar-refractivity contribution in [3.8, 4) is 35.5 Å². The molecule has 212 valence electrons. The summed E-state index contributed by atoms with van der Waals surface area (Å²) in [5.74, 6) is 1.01. The van der Waals surface area contributed by atoms with Crippen LogP contribution in [0.2, 0.25) is 0 Å². The van der Waals surface area contributed by atoms with Gasteiger partial charge in [-0.1, -0.05) is 65.7 Å². The van der Waals surface area contributed by atoms with Gasteiger partial charge in [-0.25, -0.2) is 20.5 Å². The minimum Gasteiger partial charge on any atom is -0.422 e. The third-order valence-electron chi connectivity index (χ3n) is 5.63. The molecule has 0 aliphatic heterocycles. The van der Waals surface area contributed by atoms with Gasteiger partial charge in [0.15, 0.2) is 0 Å². The van der Waals surface area contributed by atoms with Crippen molar-refractivity contribution in [3.63, 3.8) is 0 Å².